The summed E-state index contributed by atoms with van der Waals surface area (Å²) in [6.07, 6.45) is 0.521. The zero-order valence-electron chi connectivity index (χ0n) is 11.0. The highest BCUT2D eigenvalue weighted by molar-refractivity contribution is 9.11. The van der Waals surface area contributed by atoms with E-state index < -0.39 is 9.84 Å². The predicted molar refractivity (Wildman–Crippen MR) is 85.6 cm³/mol. The van der Waals surface area contributed by atoms with Crippen molar-refractivity contribution in [3.8, 4) is 0 Å². The smallest absolute Gasteiger partial charge is 0.255 e. The molecule has 0 aromatic heterocycles. The van der Waals surface area contributed by atoms with Crippen LogP contribution in [0.2, 0.25) is 0 Å². The molecular weight excluding hydrogens is 410 g/mol. The Morgan fingerprint density at radius 1 is 1.40 bits per heavy atom. The van der Waals surface area contributed by atoms with Gasteiger partial charge in [-0.1, -0.05) is 15.9 Å². The minimum atomic E-state index is -3.00. The molecular formula is C13H15Br2NO3S. The van der Waals surface area contributed by atoms with Crippen molar-refractivity contribution < 1.29 is 13.2 Å². The molecule has 110 valence electrons. The van der Waals surface area contributed by atoms with E-state index in [-0.39, 0.29) is 23.5 Å². The second-order valence-electron chi connectivity index (χ2n) is 4.77. The third-order valence-electron chi connectivity index (χ3n) is 3.41. The number of halogens is 2. The second-order valence-corrected chi connectivity index (χ2v) is 8.77. The Labute approximate surface area is 135 Å². The van der Waals surface area contributed by atoms with Gasteiger partial charge < -0.3 is 4.90 Å². The molecule has 1 saturated heterocycles. The lowest BCUT2D eigenvalue weighted by Gasteiger charge is -2.27. The van der Waals surface area contributed by atoms with Gasteiger partial charge in [0, 0.05) is 21.5 Å². The van der Waals surface area contributed by atoms with Gasteiger partial charge in [0.1, 0.15) is 0 Å². The summed E-state index contributed by atoms with van der Waals surface area (Å²) in [7, 11) is -3.00. The molecule has 1 heterocycles. The van der Waals surface area contributed by atoms with Crippen molar-refractivity contribution >= 4 is 47.6 Å². The van der Waals surface area contributed by atoms with Crippen LogP contribution >= 0.6 is 31.9 Å². The molecule has 20 heavy (non-hydrogen) atoms. The van der Waals surface area contributed by atoms with Crippen molar-refractivity contribution in [2.75, 3.05) is 18.1 Å². The molecule has 1 aromatic carbocycles. The first-order valence-corrected chi connectivity index (χ1v) is 9.71. The van der Waals surface area contributed by atoms with E-state index in [0.717, 1.165) is 4.47 Å². The fourth-order valence-electron chi connectivity index (χ4n) is 2.40. The van der Waals surface area contributed by atoms with Crippen molar-refractivity contribution in [2.24, 2.45) is 0 Å². The Morgan fingerprint density at radius 2 is 2.10 bits per heavy atom. The van der Waals surface area contributed by atoms with Gasteiger partial charge in [0.15, 0.2) is 9.84 Å². The molecule has 2 rings (SSSR count). The highest BCUT2D eigenvalue weighted by Crippen LogP contribution is 2.25. The first-order chi connectivity index (χ1) is 9.34. The molecule has 1 atom stereocenters. The summed E-state index contributed by atoms with van der Waals surface area (Å²) in [6.45, 7) is 2.37. The summed E-state index contributed by atoms with van der Waals surface area (Å²) in [4.78, 5) is 14.3. The van der Waals surface area contributed by atoms with Crippen LogP contribution in [0.25, 0.3) is 0 Å². The number of carbonyl (C=O) groups excluding carboxylic acids is 1. The highest BCUT2D eigenvalue weighted by atomic mass is 79.9. The highest BCUT2D eigenvalue weighted by Gasteiger charge is 2.34. The zero-order chi connectivity index (χ0) is 14.9. The quantitative estimate of drug-likeness (QED) is 0.749. The number of amides is 1. The van der Waals surface area contributed by atoms with Crippen LogP contribution in [0.1, 0.15) is 23.7 Å². The monoisotopic (exact) mass is 423 g/mol. The van der Waals surface area contributed by atoms with Crippen molar-refractivity contribution in [2.45, 2.75) is 19.4 Å². The molecule has 0 bridgehead atoms. The fraction of sp³-hybridized carbons (Fsp3) is 0.462. The Kier molecular flexibility index (Phi) is 4.92. The van der Waals surface area contributed by atoms with Crippen LogP contribution in [0.3, 0.4) is 0 Å². The summed E-state index contributed by atoms with van der Waals surface area (Å²) in [5.41, 5.74) is 0.547. The average molecular weight is 425 g/mol. The molecule has 1 fully saturated rings. The number of sulfone groups is 1. The van der Waals surface area contributed by atoms with Gasteiger partial charge in [0.05, 0.1) is 17.1 Å². The van der Waals surface area contributed by atoms with Crippen LogP contribution in [0.4, 0.5) is 0 Å². The Balaban J connectivity index is 2.28. The molecule has 0 aliphatic carbocycles. The van der Waals surface area contributed by atoms with Gasteiger partial charge in [-0.25, -0.2) is 8.42 Å². The van der Waals surface area contributed by atoms with Gasteiger partial charge in [-0.3, -0.25) is 4.79 Å². The number of hydrogen-bond donors (Lipinski definition) is 0. The lowest BCUT2D eigenvalue weighted by atomic mass is 10.1. The maximum absolute atomic E-state index is 12.6. The first kappa shape index (κ1) is 16.0. The zero-order valence-corrected chi connectivity index (χ0v) is 15.0. The van der Waals surface area contributed by atoms with Crippen molar-refractivity contribution in [1.82, 2.24) is 4.90 Å². The number of benzene rings is 1. The van der Waals surface area contributed by atoms with Gasteiger partial charge in [0.2, 0.25) is 0 Å². The number of rotatable bonds is 3. The normalized spacial score (nSPS) is 20.9. The molecule has 0 saturated carbocycles. The molecule has 1 amide bonds. The number of nitrogens with zero attached hydrogens (tertiary/aromatic N) is 1. The lowest BCUT2D eigenvalue weighted by molar-refractivity contribution is 0.0707. The molecule has 0 radical (unpaired) electrons. The second kappa shape index (κ2) is 6.15. The lowest BCUT2D eigenvalue weighted by Crippen LogP contribution is -2.41. The molecule has 4 nitrogen and oxygen atoms in total. The summed E-state index contributed by atoms with van der Waals surface area (Å²) < 4.78 is 24.7. The largest absolute Gasteiger partial charge is 0.335 e. The standard InChI is InChI=1S/C13H15Br2NO3S/c1-2-16(10-5-6-20(18,19)8-10)13(17)11-7-9(14)3-4-12(11)15/h3-4,7,10H,2,5-6,8H2,1H3. The van der Waals surface area contributed by atoms with Gasteiger partial charge >= 0.3 is 0 Å². The van der Waals surface area contributed by atoms with Crippen molar-refractivity contribution in [1.29, 1.82) is 0 Å². The number of hydrogen-bond acceptors (Lipinski definition) is 3. The Morgan fingerprint density at radius 3 is 2.65 bits per heavy atom. The van der Waals surface area contributed by atoms with E-state index in [1.807, 2.05) is 13.0 Å². The molecule has 1 aliphatic rings. The SMILES string of the molecule is CCN(C(=O)c1cc(Br)ccc1Br)C1CCS(=O)(=O)C1. The van der Waals surface area contributed by atoms with E-state index in [0.29, 0.717) is 23.0 Å². The molecule has 0 spiro atoms. The molecule has 1 aliphatic heterocycles. The average Bonchev–Trinajstić information content (AvgIpc) is 2.73. The van der Waals surface area contributed by atoms with Crippen LogP contribution in [-0.4, -0.2) is 43.3 Å². The predicted octanol–water partition coefficient (Wildman–Crippen LogP) is 2.86. The molecule has 1 aromatic rings. The van der Waals surface area contributed by atoms with Gasteiger partial charge in [-0.15, -0.1) is 0 Å². The van der Waals surface area contributed by atoms with Crippen molar-refractivity contribution in [3.63, 3.8) is 0 Å². The molecule has 0 N–H and O–H groups in total. The topological polar surface area (TPSA) is 54.5 Å². The van der Waals surface area contributed by atoms with Crippen molar-refractivity contribution in [3.05, 3.63) is 32.7 Å². The fourth-order valence-corrected chi connectivity index (χ4v) is 4.91. The summed E-state index contributed by atoms with van der Waals surface area (Å²) in [6, 6.07) is 5.18. The first-order valence-electron chi connectivity index (χ1n) is 6.30. The van der Waals surface area contributed by atoms with E-state index in [1.165, 1.54) is 0 Å². The summed E-state index contributed by atoms with van der Waals surface area (Å²) in [5.74, 6) is 0.0991. The van der Waals surface area contributed by atoms with Crippen LogP contribution in [0.15, 0.2) is 27.1 Å². The minimum Gasteiger partial charge on any atom is -0.335 e. The van der Waals surface area contributed by atoms with Gasteiger partial charge in [0.25, 0.3) is 5.91 Å². The van der Waals surface area contributed by atoms with E-state index in [2.05, 4.69) is 31.9 Å². The van der Waals surface area contributed by atoms with Crippen LogP contribution in [0, 0.1) is 0 Å². The summed E-state index contributed by atoms with van der Waals surface area (Å²) >= 11 is 6.72. The third-order valence-corrected chi connectivity index (χ3v) is 6.34. The Hall–Kier alpha value is -0.400. The van der Waals surface area contributed by atoms with E-state index in [9.17, 15) is 13.2 Å². The Bertz CT molecular complexity index is 631. The number of carbonyl (C=O) groups is 1. The van der Waals surface area contributed by atoms with E-state index in [1.54, 1.807) is 17.0 Å². The molecule has 7 heteroatoms. The van der Waals surface area contributed by atoms with Crippen LogP contribution in [0.5, 0.6) is 0 Å². The van der Waals surface area contributed by atoms with Crippen LogP contribution < -0.4 is 0 Å². The minimum absolute atomic E-state index is 0.0677. The summed E-state index contributed by atoms with van der Waals surface area (Å²) in [5, 5.41) is 0. The van der Waals surface area contributed by atoms with Gasteiger partial charge in [-0.05, 0) is 47.5 Å². The maximum atomic E-state index is 12.6. The molecule has 1 unspecified atom stereocenters. The van der Waals surface area contributed by atoms with E-state index >= 15 is 0 Å². The van der Waals surface area contributed by atoms with E-state index in [4.69, 9.17) is 0 Å². The van der Waals surface area contributed by atoms with Gasteiger partial charge in [-0.2, -0.15) is 0 Å². The maximum Gasteiger partial charge on any atom is 0.255 e. The van der Waals surface area contributed by atoms with Crippen LogP contribution in [-0.2, 0) is 9.84 Å². The third kappa shape index (κ3) is 3.43.